The molecule has 0 fully saturated rings. The van der Waals surface area contributed by atoms with Crippen LogP contribution in [0, 0.1) is 0 Å². The number of hydrogen-bond acceptors (Lipinski definition) is 2. The van der Waals surface area contributed by atoms with Gasteiger partial charge in [-0.1, -0.05) is 49.2 Å². The van der Waals surface area contributed by atoms with E-state index in [1.165, 1.54) is 0 Å². The number of halogens is 2. The molecule has 15 heavy (non-hydrogen) atoms. The average Bonchev–Trinajstić information content (AvgIpc) is 2.18. The quantitative estimate of drug-likeness (QED) is 0.881. The molecule has 1 nitrogen and oxygen atoms in total. The molecular weight excluding hydrogens is 251 g/mol. The van der Waals surface area contributed by atoms with Gasteiger partial charge in [0.2, 0.25) is 0 Å². The zero-order valence-corrected chi connectivity index (χ0v) is 11.0. The van der Waals surface area contributed by atoms with Crippen molar-refractivity contribution in [2.75, 3.05) is 5.75 Å². The first kappa shape index (κ1) is 13.2. The van der Waals surface area contributed by atoms with E-state index in [-0.39, 0.29) is 0 Å². The van der Waals surface area contributed by atoms with Gasteiger partial charge in [-0.15, -0.1) is 0 Å². The van der Waals surface area contributed by atoms with E-state index >= 15 is 0 Å². The summed E-state index contributed by atoms with van der Waals surface area (Å²) in [6.07, 6.45) is -0.552. The van der Waals surface area contributed by atoms with Gasteiger partial charge in [-0.3, -0.25) is 0 Å². The number of aliphatic hydroxyl groups is 1. The van der Waals surface area contributed by atoms with Crippen LogP contribution in [0.25, 0.3) is 0 Å². The van der Waals surface area contributed by atoms with Crippen molar-refractivity contribution in [2.24, 2.45) is 0 Å². The molecule has 1 atom stereocenters. The lowest BCUT2D eigenvalue weighted by atomic mass is 10.1. The van der Waals surface area contributed by atoms with Gasteiger partial charge < -0.3 is 5.11 Å². The summed E-state index contributed by atoms with van der Waals surface area (Å²) in [7, 11) is 0. The zero-order valence-electron chi connectivity index (χ0n) is 8.71. The minimum atomic E-state index is -0.552. The molecule has 0 heterocycles. The summed E-state index contributed by atoms with van der Waals surface area (Å²) in [6, 6.07) is 5.32. The van der Waals surface area contributed by atoms with Crippen molar-refractivity contribution in [1.82, 2.24) is 0 Å². The first-order valence-corrected chi connectivity index (χ1v) is 6.56. The highest BCUT2D eigenvalue weighted by atomic mass is 35.5. The van der Waals surface area contributed by atoms with Crippen LogP contribution in [0.4, 0.5) is 0 Å². The number of benzene rings is 1. The van der Waals surface area contributed by atoms with Crippen molar-refractivity contribution in [3.05, 3.63) is 33.8 Å². The van der Waals surface area contributed by atoms with E-state index in [9.17, 15) is 5.11 Å². The number of hydrogen-bond donors (Lipinski definition) is 1. The monoisotopic (exact) mass is 264 g/mol. The summed E-state index contributed by atoms with van der Waals surface area (Å²) in [5, 5.41) is 11.4. The molecule has 1 N–H and O–H groups in total. The van der Waals surface area contributed by atoms with Gasteiger partial charge in [-0.25, -0.2) is 0 Å². The first-order valence-electron chi connectivity index (χ1n) is 4.76. The molecule has 0 amide bonds. The van der Waals surface area contributed by atoms with Crippen molar-refractivity contribution in [2.45, 2.75) is 25.2 Å². The normalized spacial score (nSPS) is 13.2. The minimum absolute atomic E-state index is 0.455. The molecule has 1 aromatic carbocycles. The Hall–Kier alpha value is 0.110. The Bertz CT molecular complexity index is 328. The Morgan fingerprint density at radius 2 is 2.00 bits per heavy atom. The Balaban J connectivity index is 2.73. The lowest BCUT2D eigenvalue weighted by Gasteiger charge is -2.14. The van der Waals surface area contributed by atoms with E-state index in [4.69, 9.17) is 23.2 Å². The van der Waals surface area contributed by atoms with Crippen molar-refractivity contribution in [3.8, 4) is 0 Å². The molecule has 0 spiro atoms. The second-order valence-corrected chi connectivity index (χ2v) is 5.94. The molecule has 0 aromatic heterocycles. The Kier molecular flexibility index (Phi) is 5.27. The Morgan fingerprint density at radius 3 is 2.60 bits per heavy atom. The van der Waals surface area contributed by atoms with Gasteiger partial charge in [0.05, 0.1) is 16.1 Å². The van der Waals surface area contributed by atoms with E-state index in [2.05, 4.69) is 13.8 Å². The molecule has 0 aliphatic carbocycles. The molecular formula is C11H14Cl2OS. The van der Waals surface area contributed by atoms with Crippen LogP contribution in [0.5, 0.6) is 0 Å². The van der Waals surface area contributed by atoms with Gasteiger partial charge in [0.1, 0.15) is 0 Å². The summed E-state index contributed by atoms with van der Waals surface area (Å²) in [6.45, 7) is 4.19. The maximum Gasteiger partial charge on any atom is 0.0895 e. The van der Waals surface area contributed by atoms with E-state index < -0.39 is 6.10 Å². The molecule has 4 heteroatoms. The second kappa shape index (κ2) is 6.00. The zero-order chi connectivity index (χ0) is 11.4. The summed E-state index contributed by atoms with van der Waals surface area (Å²) in [5.41, 5.74) is 0.706. The van der Waals surface area contributed by atoms with E-state index in [0.29, 0.717) is 26.6 Å². The molecule has 0 saturated heterocycles. The fourth-order valence-corrected chi connectivity index (χ4v) is 2.33. The smallest absolute Gasteiger partial charge is 0.0895 e. The molecule has 0 saturated carbocycles. The van der Waals surface area contributed by atoms with Crippen LogP contribution < -0.4 is 0 Å². The minimum Gasteiger partial charge on any atom is -0.387 e. The predicted molar refractivity (Wildman–Crippen MR) is 69.0 cm³/mol. The van der Waals surface area contributed by atoms with Gasteiger partial charge >= 0.3 is 0 Å². The lowest BCUT2D eigenvalue weighted by Crippen LogP contribution is -2.04. The summed E-state index contributed by atoms with van der Waals surface area (Å²) in [5.74, 6) is 0.637. The molecule has 0 aliphatic rings. The molecule has 0 aliphatic heterocycles. The third-order valence-electron chi connectivity index (χ3n) is 1.93. The van der Waals surface area contributed by atoms with Crippen LogP contribution >= 0.6 is 35.0 Å². The topological polar surface area (TPSA) is 20.2 Å². The highest BCUT2D eigenvalue weighted by Gasteiger charge is 2.13. The Morgan fingerprint density at radius 1 is 1.33 bits per heavy atom. The highest BCUT2D eigenvalue weighted by Crippen LogP contribution is 2.31. The van der Waals surface area contributed by atoms with Gasteiger partial charge in [0.25, 0.3) is 0 Å². The largest absolute Gasteiger partial charge is 0.387 e. The second-order valence-electron chi connectivity index (χ2n) is 3.54. The molecule has 0 bridgehead atoms. The van der Waals surface area contributed by atoms with Crippen molar-refractivity contribution >= 4 is 35.0 Å². The number of thioether (sulfide) groups is 1. The third kappa shape index (κ3) is 3.87. The van der Waals surface area contributed by atoms with Crippen LogP contribution in [0.15, 0.2) is 18.2 Å². The first-order chi connectivity index (χ1) is 7.02. The standard InChI is InChI=1S/C11H14Cl2OS/c1-7(2)15-6-10(14)8-4-3-5-9(12)11(8)13/h3-5,7,10,14H,6H2,1-2H3. The molecule has 84 valence electrons. The van der Waals surface area contributed by atoms with Gasteiger partial charge in [-0.05, 0) is 11.3 Å². The molecule has 1 unspecified atom stereocenters. The van der Waals surface area contributed by atoms with Crippen LogP contribution in [0.3, 0.4) is 0 Å². The van der Waals surface area contributed by atoms with Crippen LogP contribution in [-0.2, 0) is 0 Å². The average molecular weight is 265 g/mol. The van der Waals surface area contributed by atoms with E-state index in [1.54, 1.807) is 30.0 Å². The number of rotatable bonds is 4. The predicted octanol–water partition coefficient (Wildman–Crippen LogP) is 4.17. The van der Waals surface area contributed by atoms with Crippen LogP contribution in [0.1, 0.15) is 25.5 Å². The molecule has 1 aromatic rings. The SMILES string of the molecule is CC(C)SCC(O)c1cccc(Cl)c1Cl. The van der Waals surface area contributed by atoms with E-state index in [1.807, 2.05) is 0 Å². The maximum absolute atomic E-state index is 9.91. The summed E-state index contributed by atoms with van der Waals surface area (Å²) >= 11 is 13.6. The van der Waals surface area contributed by atoms with Crippen molar-refractivity contribution in [3.63, 3.8) is 0 Å². The van der Waals surface area contributed by atoms with Crippen molar-refractivity contribution < 1.29 is 5.11 Å². The van der Waals surface area contributed by atoms with Gasteiger partial charge in [0.15, 0.2) is 0 Å². The Labute approximate surface area is 105 Å². The molecule has 1 rings (SSSR count). The number of aliphatic hydroxyl groups excluding tert-OH is 1. The molecule has 0 radical (unpaired) electrons. The van der Waals surface area contributed by atoms with Crippen LogP contribution in [-0.4, -0.2) is 16.1 Å². The summed E-state index contributed by atoms with van der Waals surface area (Å²) in [4.78, 5) is 0. The highest BCUT2D eigenvalue weighted by molar-refractivity contribution is 7.99. The fraction of sp³-hybridized carbons (Fsp3) is 0.455. The van der Waals surface area contributed by atoms with Crippen molar-refractivity contribution in [1.29, 1.82) is 0 Å². The third-order valence-corrected chi connectivity index (χ3v) is 3.94. The van der Waals surface area contributed by atoms with Crippen LogP contribution in [0.2, 0.25) is 10.0 Å². The summed E-state index contributed by atoms with van der Waals surface area (Å²) < 4.78 is 0. The lowest BCUT2D eigenvalue weighted by molar-refractivity contribution is 0.204. The van der Waals surface area contributed by atoms with Gasteiger partial charge in [-0.2, -0.15) is 11.8 Å². The van der Waals surface area contributed by atoms with E-state index in [0.717, 1.165) is 0 Å². The van der Waals surface area contributed by atoms with Gasteiger partial charge in [0, 0.05) is 11.3 Å². The maximum atomic E-state index is 9.91. The fourth-order valence-electron chi connectivity index (χ4n) is 1.15.